The van der Waals surface area contributed by atoms with E-state index < -0.39 is 11.9 Å². The Morgan fingerprint density at radius 3 is 2.58 bits per heavy atom. The number of hydrogen-bond acceptors (Lipinski definition) is 5. The first kappa shape index (κ1) is 15.5. The molecule has 1 aromatic rings. The molecule has 1 unspecified atom stereocenters. The van der Waals surface area contributed by atoms with Crippen LogP contribution in [0.5, 0.6) is 0 Å². The molecule has 4 N–H and O–H groups in total. The van der Waals surface area contributed by atoms with Crippen molar-refractivity contribution in [2.45, 2.75) is 45.3 Å². The van der Waals surface area contributed by atoms with Gasteiger partial charge in [0.15, 0.2) is 5.69 Å². The van der Waals surface area contributed by atoms with E-state index in [4.69, 9.17) is 5.84 Å². The van der Waals surface area contributed by atoms with E-state index in [2.05, 4.69) is 22.2 Å². The summed E-state index contributed by atoms with van der Waals surface area (Å²) in [6.07, 6.45) is -1.66. The zero-order chi connectivity index (χ0) is 14.5. The Bertz CT molecular complexity index is 408. The molecule has 0 bridgehead atoms. The maximum Gasteiger partial charge on any atom is 0.433 e. The Hall–Kier alpha value is -1.57. The first-order valence-corrected chi connectivity index (χ1v) is 6.06. The third-order valence-corrected chi connectivity index (χ3v) is 2.53. The van der Waals surface area contributed by atoms with Crippen LogP contribution in [0.2, 0.25) is 0 Å². The molecule has 0 saturated heterocycles. The first-order valence-electron chi connectivity index (χ1n) is 6.06. The number of nitrogens with two attached hydrogens (primary N) is 1. The first-order chi connectivity index (χ1) is 8.86. The summed E-state index contributed by atoms with van der Waals surface area (Å²) in [5.74, 6) is 4.92. The van der Waals surface area contributed by atoms with Crippen molar-refractivity contribution >= 4 is 11.8 Å². The summed E-state index contributed by atoms with van der Waals surface area (Å²) >= 11 is 0. The van der Waals surface area contributed by atoms with E-state index >= 15 is 0 Å². The summed E-state index contributed by atoms with van der Waals surface area (Å²) in [5, 5.41) is 2.92. The third-order valence-electron chi connectivity index (χ3n) is 2.53. The number of unbranched alkanes of at least 4 members (excludes halogenated alkanes) is 1. The largest absolute Gasteiger partial charge is 0.433 e. The predicted octanol–water partition coefficient (Wildman–Crippen LogP) is 2.77. The molecule has 0 saturated carbocycles. The molecular formula is C11H18F3N5. The molecule has 0 fully saturated rings. The van der Waals surface area contributed by atoms with E-state index in [0.29, 0.717) is 0 Å². The van der Waals surface area contributed by atoms with Gasteiger partial charge in [-0.25, -0.2) is 10.8 Å². The zero-order valence-corrected chi connectivity index (χ0v) is 10.9. The van der Waals surface area contributed by atoms with Gasteiger partial charge in [-0.2, -0.15) is 18.2 Å². The average molecular weight is 277 g/mol. The minimum absolute atomic E-state index is 0.0292. The molecule has 1 aromatic heterocycles. The number of hydrogen-bond donors (Lipinski definition) is 3. The SMILES string of the molecule is CCCCC(C)Nc1cc(C(F)(F)F)nc(NN)n1. The van der Waals surface area contributed by atoms with E-state index in [-0.39, 0.29) is 17.8 Å². The number of halogens is 3. The summed E-state index contributed by atoms with van der Waals surface area (Å²) in [5.41, 5.74) is 1.01. The highest BCUT2D eigenvalue weighted by atomic mass is 19.4. The molecule has 5 nitrogen and oxygen atoms in total. The molecule has 0 radical (unpaired) electrons. The number of rotatable bonds is 6. The summed E-state index contributed by atoms with van der Waals surface area (Å²) in [7, 11) is 0. The Labute approximate surface area is 109 Å². The Morgan fingerprint density at radius 2 is 2.05 bits per heavy atom. The van der Waals surface area contributed by atoms with Crippen LogP contribution >= 0.6 is 0 Å². The summed E-state index contributed by atoms with van der Waals surface area (Å²) in [6, 6.07) is 0.907. The van der Waals surface area contributed by atoms with Gasteiger partial charge in [0.25, 0.3) is 0 Å². The van der Waals surface area contributed by atoms with Crippen LogP contribution in [0.1, 0.15) is 38.8 Å². The van der Waals surface area contributed by atoms with Crippen LogP contribution in [0.4, 0.5) is 24.9 Å². The molecule has 0 aliphatic heterocycles. The smallest absolute Gasteiger partial charge is 0.367 e. The van der Waals surface area contributed by atoms with E-state index in [9.17, 15) is 13.2 Å². The standard InChI is InChI=1S/C11H18F3N5/c1-3-4-5-7(2)16-9-6-8(11(12,13)14)17-10(18-9)19-15/h6-7H,3-5,15H2,1-2H3,(H2,16,17,18,19). The van der Waals surface area contributed by atoms with Crippen LogP contribution in [0.3, 0.4) is 0 Å². The minimum atomic E-state index is -4.53. The quantitative estimate of drug-likeness (QED) is 0.550. The van der Waals surface area contributed by atoms with Gasteiger partial charge in [0.1, 0.15) is 5.82 Å². The Balaban J connectivity index is 2.88. The maximum atomic E-state index is 12.6. The van der Waals surface area contributed by atoms with Gasteiger partial charge >= 0.3 is 6.18 Å². The normalized spacial score (nSPS) is 13.2. The molecule has 0 spiro atoms. The third kappa shape index (κ3) is 4.90. The molecule has 19 heavy (non-hydrogen) atoms. The Morgan fingerprint density at radius 1 is 1.37 bits per heavy atom. The summed E-state index contributed by atoms with van der Waals surface area (Å²) in [6.45, 7) is 3.94. The fourth-order valence-corrected chi connectivity index (χ4v) is 1.57. The maximum absolute atomic E-state index is 12.6. The van der Waals surface area contributed by atoms with Crippen LogP contribution in [-0.4, -0.2) is 16.0 Å². The van der Waals surface area contributed by atoms with Crippen molar-refractivity contribution in [2.75, 3.05) is 10.7 Å². The van der Waals surface area contributed by atoms with Crippen molar-refractivity contribution in [2.24, 2.45) is 5.84 Å². The topological polar surface area (TPSA) is 75.9 Å². The fraction of sp³-hybridized carbons (Fsp3) is 0.636. The Kier molecular flexibility index (Phi) is 5.34. The number of nitrogens with zero attached hydrogens (tertiary/aromatic N) is 2. The van der Waals surface area contributed by atoms with Gasteiger partial charge in [-0.1, -0.05) is 19.8 Å². The molecule has 0 aromatic carbocycles. The van der Waals surface area contributed by atoms with Crippen LogP contribution in [0.15, 0.2) is 6.07 Å². The number of nitrogen functional groups attached to an aromatic ring is 1. The summed E-state index contributed by atoms with van der Waals surface area (Å²) in [4.78, 5) is 7.14. The molecule has 1 rings (SSSR count). The van der Waals surface area contributed by atoms with E-state index in [1.807, 2.05) is 12.3 Å². The fourth-order valence-electron chi connectivity index (χ4n) is 1.57. The molecule has 8 heteroatoms. The second-order valence-corrected chi connectivity index (χ2v) is 4.29. The lowest BCUT2D eigenvalue weighted by Gasteiger charge is -2.16. The van der Waals surface area contributed by atoms with E-state index in [1.165, 1.54) is 0 Å². The minimum Gasteiger partial charge on any atom is -0.367 e. The van der Waals surface area contributed by atoms with Gasteiger partial charge in [0.2, 0.25) is 5.95 Å². The van der Waals surface area contributed by atoms with Crippen molar-refractivity contribution in [3.8, 4) is 0 Å². The van der Waals surface area contributed by atoms with Gasteiger partial charge in [-0.15, -0.1) is 0 Å². The van der Waals surface area contributed by atoms with Crippen molar-refractivity contribution in [3.63, 3.8) is 0 Å². The average Bonchev–Trinajstić information content (AvgIpc) is 2.34. The monoisotopic (exact) mass is 277 g/mol. The second kappa shape index (κ2) is 6.55. The van der Waals surface area contributed by atoms with E-state index in [0.717, 1.165) is 25.3 Å². The molecule has 0 amide bonds. The van der Waals surface area contributed by atoms with Gasteiger partial charge in [0.05, 0.1) is 0 Å². The number of aromatic nitrogens is 2. The van der Waals surface area contributed by atoms with Gasteiger partial charge in [0, 0.05) is 12.1 Å². The van der Waals surface area contributed by atoms with Crippen LogP contribution in [0.25, 0.3) is 0 Å². The number of alkyl halides is 3. The lowest BCUT2D eigenvalue weighted by molar-refractivity contribution is -0.141. The lowest BCUT2D eigenvalue weighted by Crippen LogP contribution is -2.20. The van der Waals surface area contributed by atoms with Gasteiger partial charge < -0.3 is 5.32 Å². The van der Waals surface area contributed by atoms with Crippen molar-refractivity contribution in [1.29, 1.82) is 0 Å². The van der Waals surface area contributed by atoms with Gasteiger partial charge in [-0.05, 0) is 13.3 Å². The molecule has 1 heterocycles. The van der Waals surface area contributed by atoms with Crippen LogP contribution in [-0.2, 0) is 6.18 Å². The predicted molar refractivity (Wildman–Crippen MR) is 67.5 cm³/mol. The zero-order valence-electron chi connectivity index (χ0n) is 10.9. The highest BCUT2D eigenvalue weighted by Crippen LogP contribution is 2.29. The van der Waals surface area contributed by atoms with Crippen molar-refractivity contribution < 1.29 is 13.2 Å². The number of anilines is 2. The lowest BCUT2D eigenvalue weighted by atomic mass is 10.1. The number of nitrogens with one attached hydrogen (secondary N) is 2. The molecule has 0 aliphatic rings. The second-order valence-electron chi connectivity index (χ2n) is 4.29. The molecular weight excluding hydrogens is 259 g/mol. The van der Waals surface area contributed by atoms with E-state index in [1.54, 1.807) is 0 Å². The van der Waals surface area contributed by atoms with Crippen molar-refractivity contribution in [1.82, 2.24) is 9.97 Å². The highest BCUT2D eigenvalue weighted by Gasteiger charge is 2.33. The van der Waals surface area contributed by atoms with Crippen LogP contribution in [0, 0.1) is 0 Å². The summed E-state index contributed by atoms with van der Waals surface area (Å²) < 4.78 is 37.9. The number of hydrazine groups is 1. The molecule has 0 aliphatic carbocycles. The molecule has 108 valence electrons. The van der Waals surface area contributed by atoms with Crippen LogP contribution < -0.4 is 16.6 Å². The van der Waals surface area contributed by atoms with Crippen molar-refractivity contribution in [3.05, 3.63) is 11.8 Å². The van der Waals surface area contributed by atoms with Gasteiger partial charge in [-0.3, -0.25) is 5.43 Å². The highest BCUT2D eigenvalue weighted by molar-refractivity contribution is 5.43. The molecule has 1 atom stereocenters.